The van der Waals surface area contributed by atoms with Gasteiger partial charge < -0.3 is 14.4 Å². The maximum atomic E-state index is 11.5. The topological polar surface area (TPSA) is 38.8 Å². The second kappa shape index (κ2) is 9.98. The molecule has 0 aliphatic heterocycles. The lowest BCUT2D eigenvalue weighted by Crippen LogP contribution is -2.22. The number of anilines is 1. The van der Waals surface area contributed by atoms with Crippen molar-refractivity contribution in [3.8, 4) is 11.5 Å². The van der Waals surface area contributed by atoms with Crippen LogP contribution in [0.2, 0.25) is 5.02 Å². The van der Waals surface area contributed by atoms with Crippen molar-refractivity contribution in [2.75, 3.05) is 19.1 Å². The molecule has 150 valence electrons. The van der Waals surface area contributed by atoms with Crippen molar-refractivity contribution in [2.45, 2.75) is 13.1 Å². The molecule has 4 nitrogen and oxygen atoms in total. The minimum absolute atomic E-state index is 0.569. The predicted molar refractivity (Wildman–Crippen MR) is 125 cm³/mol. The van der Waals surface area contributed by atoms with Gasteiger partial charge in [-0.2, -0.15) is 0 Å². The van der Waals surface area contributed by atoms with E-state index in [1.165, 1.54) is 0 Å². The fourth-order valence-electron chi connectivity index (χ4n) is 3.00. The van der Waals surface area contributed by atoms with Gasteiger partial charge in [-0.25, -0.2) is 0 Å². The molecule has 3 aromatic carbocycles. The van der Waals surface area contributed by atoms with Crippen LogP contribution in [0, 0.1) is 3.57 Å². The van der Waals surface area contributed by atoms with Crippen LogP contribution in [-0.2, 0) is 13.1 Å². The van der Waals surface area contributed by atoms with E-state index < -0.39 is 0 Å². The third kappa shape index (κ3) is 5.42. The van der Waals surface area contributed by atoms with Gasteiger partial charge in [0, 0.05) is 27.9 Å². The van der Waals surface area contributed by atoms with Crippen LogP contribution in [0.15, 0.2) is 60.7 Å². The van der Waals surface area contributed by atoms with Crippen molar-refractivity contribution in [1.82, 2.24) is 0 Å². The van der Waals surface area contributed by atoms with Crippen molar-refractivity contribution in [2.24, 2.45) is 0 Å². The van der Waals surface area contributed by atoms with Crippen LogP contribution in [-0.4, -0.2) is 20.5 Å². The quantitative estimate of drug-likeness (QED) is 0.270. The van der Waals surface area contributed by atoms with E-state index in [2.05, 4.69) is 27.5 Å². The zero-order valence-corrected chi connectivity index (χ0v) is 19.1. The summed E-state index contributed by atoms with van der Waals surface area (Å²) in [6.45, 7) is 1.32. The molecule has 0 heterocycles. The van der Waals surface area contributed by atoms with Gasteiger partial charge in [-0.05, 0) is 70.1 Å². The second-order valence-corrected chi connectivity index (χ2v) is 7.99. The average Bonchev–Trinajstić information content (AvgIpc) is 2.76. The number of benzene rings is 3. The molecule has 0 bridgehead atoms. The summed E-state index contributed by atoms with van der Waals surface area (Å²) in [4.78, 5) is 13.7. The molecule has 0 fully saturated rings. The Morgan fingerprint density at radius 3 is 1.79 bits per heavy atom. The van der Waals surface area contributed by atoms with Gasteiger partial charge in [-0.3, -0.25) is 4.79 Å². The van der Waals surface area contributed by atoms with Crippen LogP contribution in [0.3, 0.4) is 0 Å². The molecule has 0 aliphatic rings. The summed E-state index contributed by atoms with van der Waals surface area (Å²) < 4.78 is 11.3. The molecule has 0 N–H and O–H groups in total. The molecule has 0 saturated heterocycles. The Labute approximate surface area is 189 Å². The molecule has 3 rings (SSSR count). The second-order valence-electron chi connectivity index (χ2n) is 6.50. The molecule has 0 unspecified atom stereocenters. The Hall–Kier alpha value is -2.25. The number of ether oxygens (including phenoxy) is 2. The standard InChI is InChI=1S/C23H21ClINO3/c1-28-20-7-3-16(4-8-20)13-26(14-17-5-9-21(29-2)10-6-17)19-11-18(15-27)23(25)22(24)12-19/h3-12,15H,13-14H2,1-2H3. The minimum Gasteiger partial charge on any atom is -0.497 e. The Bertz CT molecular complexity index is 925. The van der Waals surface area contributed by atoms with Crippen LogP contribution >= 0.6 is 34.2 Å². The minimum atomic E-state index is 0.569. The van der Waals surface area contributed by atoms with Gasteiger partial charge in [0.05, 0.1) is 19.2 Å². The van der Waals surface area contributed by atoms with E-state index in [1.54, 1.807) is 14.2 Å². The van der Waals surface area contributed by atoms with Crippen LogP contribution < -0.4 is 14.4 Å². The Kier molecular flexibility index (Phi) is 7.39. The number of halogens is 2. The van der Waals surface area contributed by atoms with Gasteiger partial charge in [0.15, 0.2) is 6.29 Å². The van der Waals surface area contributed by atoms with Crippen molar-refractivity contribution in [3.05, 3.63) is 85.9 Å². The van der Waals surface area contributed by atoms with E-state index in [-0.39, 0.29) is 0 Å². The van der Waals surface area contributed by atoms with E-state index in [9.17, 15) is 4.79 Å². The fourth-order valence-corrected chi connectivity index (χ4v) is 3.66. The summed E-state index contributed by atoms with van der Waals surface area (Å²) in [5.41, 5.74) is 3.73. The van der Waals surface area contributed by atoms with Crippen molar-refractivity contribution in [1.29, 1.82) is 0 Å². The van der Waals surface area contributed by atoms with E-state index in [1.807, 2.05) is 60.7 Å². The zero-order valence-electron chi connectivity index (χ0n) is 16.2. The molecular formula is C23H21ClINO3. The lowest BCUT2D eigenvalue weighted by atomic mass is 10.1. The van der Waals surface area contributed by atoms with Crippen LogP contribution in [0.25, 0.3) is 0 Å². The van der Waals surface area contributed by atoms with Crippen LogP contribution in [0.1, 0.15) is 21.5 Å². The average molecular weight is 522 g/mol. The molecule has 6 heteroatoms. The maximum Gasteiger partial charge on any atom is 0.151 e. The largest absolute Gasteiger partial charge is 0.497 e. The van der Waals surface area contributed by atoms with Crippen molar-refractivity contribution >= 4 is 46.2 Å². The van der Waals surface area contributed by atoms with E-state index in [4.69, 9.17) is 21.1 Å². The highest BCUT2D eigenvalue weighted by Crippen LogP contribution is 2.30. The first kappa shape index (κ1) is 21.5. The summed E-state index contributed by atoms with van der Waals surface area (Å²) in [6, 6.07) is 19.7. The molecule has 0 aromatic heterocycles. The number of carbonyl (C=O) groups is 1. The smallest absolute Gasteiger partial charge is 0.151 e. The number of carbonyl (C=O) groups excluding carboxylic acids is 1. The first-order chi connectivity index (χ1) is 14.0. The van der Waals surface area contributed by atoms with Crippen molar-refractivity contribution < 1.29 is 14.3 Å². The number of rotatable bonds is 8. The molecule has 0 atom stereocenters. The summed E-state index contributed by atoms with van der Waals surface area (Å²) in [5.74, 6) is 1.63. The first-order valence-electron chi connectivity index (χ1n) is 8.99. The monoisotopic (exact) mass is 521 g/mol. The van der Waals surface area contributed by atoms with Gasteiger partial charge in [-0.15, -0.1) is 0 Å². The lowest BCUT2D eigenvalue weighted by molar-refractivity contribution is 0.112. The molecule has 3 aromatic rings. The predicted octanol–water partition coefficient (Wildman–Crippen LogP) is 5.98. The molecule has 0 aliphatic carbocycles. The first-order valence-corrected chi connectivity index (χ1v) is 10.4. The Morgan fingerprint density at radius 1 is 0.897 bits per heavy atom. The third-order valence-electron chi connectivity index (χ3n) is 4.60. The number of hydrogen-bond donors (Lipinski definition) is 0. The highest BCUT2D eigenvalue weighted by atomic mass is 127. The summed E-state index contributed by atoms with van der Waals surface area (Å²) >= 11 is 8.50. The van der Waals surface area contributed by atoms with Gasteiger partial charge in [-0.1, -0.05) is 35.9 Å². The number of nitrogens with zero attached hydrogens (tertiary/aromatic N) is 1. The van der Waals surface area contributed by atoms with Crippen LogP contribution in [0.4, 0.5) is 5.69 Å². The molecular weight excluding hydrogens is 501 g/mol. The van der Waals surface area contributed by atoms with Gasteiger partial charge >= 0.3 is 0 Å². The highest BCUT2D eigenvalue weighted by Gasteiger charge is 2.14. The molecule has 0 amide bonds. The SMILES string of the molecule is COc1ccc(CN(Cc2ccc(OC)cc2)c2cc(Cl)c(I)c(C=O)c2)cc1. The highest BCUT2D eigenvalue weighted by molar-refractivity contribution is 14.1. The number of hydrogen-bond acceptors (Lipinski definition) is 4. The van der Waals surface area contributed by atoms with Crippen molar-refractivity contribution in [3.63, 3.8) is 0 Å². The van der Waals surface area contributed by atoms with E-state index >= 15 is 0 Å². The normalized spacial score (nSPS) is 10.5. The van der Waals surface area contributed by atoms with Gasteiger partial charge in [0.2, 0.25) is 0 Å². The molecule has 29 heavy (non-hydrogen) atoms. The lowest BCUT2D eigenvalue weighted by Gasteiger charge is -2.26. The summed E-state index contributed by atoms with van der Waals surface area (Å²) in [6.07, 6.45) is 0.843. The summed E-state index contributed by atoms with van der Waals surface area (Å²) in [7, 11) is 3.30. The van der Waals surface area contributed by atoms with E-state index in [0.29, 0.717) is 23.7 Å². The maximum absolute atomic E-state index is 11.5. The number of aldehydes is 1. The van der Waals surface area contributed by atoms with Gasteiger partial charge in [0.1, 0.15) is 11.5 Å². The molecule has 0 saturated carbocycles. The van der Waals surface area contributed by atoms with E-state index in [0.717, 1.165) is 38.2 Å². The molecule has 0 radical (unpaired) electrons. The third-order valence-corrected chi connectivity index (χ3v) is 6.42. The Morgan fingerprint density at radius 2 is 1.38 bits per heavy atom. The summed E-state index contributed by atoms with van der Waals surface area (Å²) in [5, 5.41) is 0.569. The molecule has 0 spiro atoms. The fraction of sp³-hybridized carbons (Fsp3) is 0.174. The zero-order chi connectivity index (χ0) is 20.8. The van der Waals surface area contributed by atoms with Crippen LogP contribution in [0.5, 0.6) is 11.5 Å². The Balaban J connectivity index is 1.95. The number of methoxy groups -OCH3 is 2. The van der Waals surface area contributed by atoms with Gasteiger partial charge in [0.25, 0.3) is 0 Å².